The maximum Gasteiger partial charge on any atom is 0.244 e. The van der Waals surface area contributed by atoms with E-state index >= 15 is 0 Å². The Morgan fingerprint density at radius 2 is 1.95 bits per heavy atom. The molecule has 114 valence electrons. The van der Waals surface area contributed by atoms with Gasteiger partial charge in [0.2, 0.25) is 11.8 Å². The molecule has 0 aromatic heterocycles. The van der Waals surface area contributed by atoms with Crippen LogP contribution in [0.4, 0.5) is 0 Å². The Morgan fingerprint density at radius 3 is 2.70 bits per heavy atom. The largest absolute Gasteiger partial charge is 0.347 e. The second-order valence-electron chi connectivity index (χ2n) is 5.86. The molecule has 0 aliphatic carbocycles. The van der Waals surface area contributed by atoms with Gasteiger partial charge in [-0.2, -0.15) is 0 Å². The molecule has 2 rings (SSSR count). The van der Waals surface area contributed by atoms with Crippen LogP contribution in [-0.2, 0) is 9.59 Å². The van der Waals surface area contributed by atoms with Crippen molar-refractivity contribution >= 4 is 11.8 Å². The first-order valence-corrected chi connectivity index (χ1v) is 7.53. The molecular weight excluding hydrogens is 256 g/mol. The van der Waals surface area contributed by atoms with Gasteiger partial charge in [-0.1, -0.05) is 0 Å². The molecule has 6 heteroatoms. The van der Waals surface area contributed by atoms with Crippen LogP contribution in [0.15, 0.2) is 0 Å². The molecule has 2 saturated heterocycles. The van der Waals surface area contributed by atoms with Gasteiger partial charge in [0.15, 0.2) is 0 Å². The summed E-state index contributed by atoms with van der Waals surface area (Å²) in [5, 5.41) is 3.33. The number of likely N-dealkylation sites (N-methyl/N-ethyl adjacent to an activating group) is 1. The molecule has 0 saturated carbocycles. The molecule has 0 aromatic rings. The molecule has 1 N–H and O–H groups in total. The first-order valence-electron chi connectivity index (χ1n) is 7.53. The van der Waals surface area contributed by atoms with Gasteiger partial charge >= 0.3 is 0 Å². The zero-order valence-electron chi connectivity index (χ0n) is 12.6. The van der Waals surface area contributed by atoms with E-state index in [0.717, 1.165) is 52.0 Å². The van der Waals surface area contributed by atoms with Gasteiger partial charge in [0.1, 0.15) is 6.04 Å². The lowest BCUT2D eigenvalue weighted by Gasteiger charge is -2.28. The van der Waals surface area contributed by atoms with E-state index in [2.05, 4.69) is 10.2 Å². The van der Waals surface area contributed by atoms with Gasteiger partial charge in [-0.05, 0) is 32.4 Å². The Kier molecular flexibility index (Phi) is 5.37. The van der Waals surface area contributed by atoms with E-state index in [1.54, 1.807) is 23.9 Å². The zero-order chi connectivity index (χ0) is 14.5. The molecule has 1 unspecified atom stereocenters. The Labute approximate surface area is 121 Å². The number of amides is 2. The van der Waals surface area contributed by atoms with Gasteiger partial charge in [-0.3, -0.25) is 14.5 Å². The van der Waals surface area contributed by atoms with Gasteiger partial charge in [-0.15, -0.1) is 0 Å². The summed E-state index contributed by atoms with van der Waals surface area (Å²) < 4.78 is 0. The Hall–Kier alpha value is -1.14. The minimum Gasteiger partial charge on any atom is -0.347 e. The van der Waals surface area contributed by atoms with Crippen molar-refractivity contribution in [1.29, 1.82) is 0 Å². The predicted octanol–water partition coefficient (Wildman–Crippen LogP) is -0.639. The van der Waals surface area contributed by atoms with Crippen LogP contribution in [-0.4, -0.2) is 85.9 Å². The maximum absolute atomic E-state index is 12.5. The highest BCUT2D eigenvalue weighted by Gasteiger charge is 2.35. The van der Waals surface area contributed by atoms with Gasteiger partial charge in [-0.25, -0.2) is 0 Å². The molecule has 0 aromatic carbocycles. The van der Waals surface area contributed by atoms with Crippen molar-refractivity contribution < 1.29 is 9.59 Å². The summed E-state index contributed by atoms with van der Waals surface area (Å²) in [4.78, 5) is 30.1. The van der Waals surface area contributed by atoms with E-state index in [1.807, 2.05) is 0 Å². The SMILES string of the molecule is CN(C)C(=O)C1CCCN1C(=O)CN1CCCNCC1. The molecule has 20 heavy (non-hydrogen) atoms. The number of carbonyl (C=O) groups excluding carboxylic acids is 2. The van der Waals surface area contributed by atoms with E-state index in [-0.39, 0.29) is 17.9 Å². The van der Waals surface area contributed by atoms with Crippen LogP contribution in [0.5, 0.6) is 0 Å². The quantitative estimate of drug-likeness (QED) is 0.748. The highest BCUT2D eigenvalue weighted by atomic mass is 16.2. The molecular formula is C14H26N4O2. The first-order chi connectivity index (χ1) is 9.59. The van der Waals surface area contributed by atoms with Crippen LogP contribution in [0.2, 0.25) is 0 Å². The highest BCUT2D eigenvalue weighted by Crippen LogP contribution is 2.19. The number of hydrogen-bond acceptors (Lipinski definition) is 4. The van der Waals surface area contributed by atoms with Gasteiger partial charge in [0.05, 0.1) is 6.54 Å². The van der Waals surface area contributed by atoms with Crippen LogP contribution < -0.4 is 5.32 Å². The third kappa shape index (κ3) is 3.70. The summed E-state index contributed by atoms with van der Waals surface area (Å²) >= 11 is 0. The number of carbonyl (C=O) groups is 2. The standard InChI is InChI=1S/C14H26N4O2/c1-16(2)14(20)12-5-3-9-18(12)13(19)11-17-8-4-6-15-7-10-17/h12,15H,3-11H2,1-2H3. The lowest BCUT2D eigenvalue weighted by Crippen LogP contribution is -2.49. The molecule has 0 spiro atoms. The molecule has 2 aliphatic heterocycles. The van der Waals surface area contributed by atoms with Crippen molar-refractivity contribution in [1.82, 2.24) is 20.0 Å². The van der Waals surface area contributed by atoms with Gasteiger partial charge < -0.3 is 15.1 Å². The average molecular weight is 282 g/mol. The van der Waals surface area contributed by atoms with E-state index < -0.39 is 0 Å². The Morgan fingerprint density at radius 1 is 1.15 bits per heavy atom. The van der Waals surface area contributed by atoms with Crippen molar-refractivity contribution in [2.24, 2.45) is 0 Å². The fourth-order valence-electron chi connectivity index (χ4n) is 2.96. The van der Waals surface area contributed by atoms with E-state index in [0.29, 0.717) is 6.54 Å². The van der Waals surface area contributed by atoms with Crippen LogP contribution in [0, 0.1) is 0 Å². The molecule has 2 fully saturated rings. The van der Waals surface area contributed by atoms with Gasteiger partial charge in [0, 0.05) is 33.7 Å². The third-order valence-electron chi connectivity index (χ3n) is 4.09. The van der Waals surface area contributed by atoms with E-state index in [9.17, 15) is 9.59 Å². The van der Waals surface area contributed by atoms with Crippen LogP contribution >= 0.6 is 0 Å². The van der Waals surface area contributed by atoms with Gasteiger partial charge in [0.25, 0.3) is 0 Å². The number of rotatable bonds is 3. The lowest BCUT2D eigenvalue weighted by molar-refractivity contribution is -0.142. The maximum atomic E-state index is 12.5. The van der Waals surface area contributed by atoms with Crippen molar-refractivity contribution in [2.75, 3.05) is 53.4 Å². The molecule has 0 radical (unpaired) electrons. The van der Waals surface area contributed by atoms with Crippen molar-refractivity contribution in [2.45, 2.75) is 25.3 Å². The molecule has 6 nitrogen and oxygen atoms in total. The van der Waals surface area contributed by atoms with Crippen molar-refractivity contribution in [3.8, 4) is 0 Å². The fraction of sp³-hybridized carbons (Fsp3) is 0.857. The minimum absolute atomic E-state index is 0.0494. The average Bonchev–Trinajstić information content (AvgIpc) is 2.77. The van der Waals surface area contributed by atoms with Crippen LogP contribution in [0.25, 0.3) is 0 Å². The molecule has 2 amide bonds. The lowest BCUT2D eigenvalue weighted by atomic mass is 10.2. The van der Waals surface area contributed by atoms with Crippen molar-refractivity contribution in [3.63, 3.8) is 0 Å². The van der Waals surface area contributed by atoms with Crippen molar-refractivity contribution in [3.05, 3.63) is 0 Å². The second-order valence-corrected chi connectivity index (χ2v) is 5.86. The van der Waals surface area contributed by atoms with E-state index in [4.69, 9.17) is 0 Å². The first kappa shape index (κ1) is 15.3. The summed E-state index contributed by atoms with van der Waals surface area (Å²) in [5.41, 5.74) is 0. The minimum atomic E-state index is -0.248. The molecule has 1 atom stereocenters. The number of nitrogens with one attached hydrogen (secondary N) is 1. The molecule has 0 bridgehead atoms. The zero-order valence-corrected chi connectivity index (χ0v) is 12.6. The Bertz CT molecular complexity index is 351. The van der Waals surface area contributed by atoms with Crippen LogP contribution in [0.1, 0.15) is 19.3 Å². The number of nitrogens with zero attached hydrogens (tertiary/aromatic N) is 3. The topological polar surface area (TPSA) is 55.9 Å². The fourth-order valence-corrected chi connectivity index (χ4v) is 2.96. The monoisotopic (exact) mass is 282 g/mol. The second kappa shape index (κ2) is 7.04. The summed E-state index contributed by atoms with van der Waals surface area (Å²) in [7, 11) is 3.51. The molecule has 2 aliphatic rings. The van der Waals surface area contributed by atoms with Crippen LogP contribution in [0.3, 0.4) is 0 Å². The highest BCUT2D eigenvalue weighted by molar-refractivity contribution is 5.88. The molecule has 2 heterocycles. The summed E-state index contributed by atoms with van der Waals surface area (Å²) in [6.45, 7) is 4.99. The summed E-state index contributed by atoms with van der Waals surface area (Å²) in [6, 6.07) is -0.248. The number of likely N-dealkylation sites (tertiary alicyclic amines) is 1. The normalized spacial score (nSPS) is 24.5. The van der Waals surface area contributed by atoms with E-state index in [1.165, 1.54) is 0 Å². The third-order valence-corrected chi connectivity index (χ3v) is 4.09. The summed E-state index contributed by atoms with van der Waals surface area (Å²) in [5.74, 6) is 0.151. The number of hydrogen-bond donors (Lipinski definition) is 1. The Balaban J connectivity index is 1.91. The smallest absolute Gasteiger partial charge is 0.244 e. The summed E-state index contributed by atoms with van der Waals surface area (Å²) in [6.07, 6.45) is 2.80. The predicted molar refractivity (Wildman–Crippen MR) is 77.4 cm³/mol.